The molecule has 0 aliphatic rings. The molecule has 0 fully saturated rings. The smallest absolute Gasteiger partial charge is 0.152 e. The van der Waals surface area contributed by atoms with Gasteiger partial charge in [0.05, 0.1) is 18.4 Å². The Morgan fingerprint density at radius 3 is 3.11 bits per heavy atom. The highest BCUT2D eigenvalue weighted by Crippen LogP contribution is 2.23. The lowest BCUT2D eigenvalue weighted by molar-refractivity contribution is 0.276. The van der Waals surface area contributed by atoms with Crippen LogP contribution in [0, 0.1) is 0 Å². The number of rotatable bonds is 6. The van der Waals surface area contributed by atoms with Crippen molar-refractivity contribution >= 4 is 33.2 Å². The van der Waals surface area contributed by atoms with Crippen molar-refractivity contribution in [3.05, 3.63) is 33.8 Å². The molecule has 19 heavy (non-hydrogen) atoms. The van der Waals surface area contributed by atoms with Crippen LogP contribution in [-0.2, 0) is 13.1 Å². The van der Waals surface area contributed by atoms with Gasteiger partial charge in [-0.25, -0.2) is 4.98 Å². The molecule has 0 amide bonds. The Morgan fingerprint density at radius 2 is 2.32 bits per heavy atom. The molecule has 8 heteroatoms. The first kappa shape index (κ1) is 14.2. The summed E-state index contributed by atoms with van der Waals surface area (Å²) in [6.07, 6.45) is 4.14. The Kier molecular flexibility index (Phi) is 5.12. The average molecular weight is 347 g/mol. The third-order valence-corrected chi connectivity index (χ3v) is 3.13. The predicted octanol–water partition coefficient (Wildman–Crippen LogP) is 2.08. The number of nitrogens with one attached hydrogen (secondary N) is 1. The van der Waals surface area contributed by atoms with Crippen molar-refractivity contribution < 1.29 is 5.11 Å². The molecule has 2 N–H and O–H groups in total. The Bertz CT molecular complexity index is 548. The second-order valence-electron chi connectivity index (χ2n) is 3.90. The Morgan fingerprint density at radius 1 is 1.47 bits per heavy atom. The van der Waals surface area contributed by atoms with Gasteiger partial charge in [0.25, 0.3) is 0 Å². The number of hydrogen-bond donors (Lipinski definition) is 2. The normalized spacial score (nSPS) is 10.7. The van der Waals surface area contributed by atoms with E-state index in [2.05, 4.69) is 36.5 Å². The molecule has 102 valence electrons. The van der Waals surface area contributed by atoms with Crippen molar-refractivity contribution in [1.82, 2.24) is 20.0 Å². The first-order valence-electron chi connectivity index (χ1n) is 5.74. The molecular weight excluding hydrogens is 334 g/mol. The van der Waals surface area contributed by atoms with Crippen LogP contribution >= 0.6 is 27.5 Å². The lowest BCUT2D eigenvalue weighted by atomic mass is 10.4. The van der Waals surface area contributed by atoms with Gasteiger partial charge < -0.3 is 10.4 Å². The van der Waals surface area contributed by atoms with Crippen molar-refractivity contribution in [3.8, 4) is 0 Å². The number of halogens is 2. The van der Waals surface area contributed by atoms with Gasteiger partial charge in [0.2, 0.25) is 0 Å². The Hall–Kier alpha value is -1.18. The summed E-state index contributed by atoms with van der Waals surface area (Å²) >= 11 is 9.31. The van der Waals surface area contributed by atoms with E-state index in [9.17, 15) is 0 Å². The van der Waals surface area contributed by atoms with Crippen LogP contribution < -0.4 is 5.32 Å². The fourth-order valence-corrected chi connectivity index (χ4v) is 2.00. The summed E-state index contributed by atoms with van der Waals surface area (Å²) in [6.45, 7) is 1.31. The minimum absolute atomic E-state index is 0.146. The van der Waals surface area contributed by atoms with Gasteiger partial charge in [0.15, 0.2) is 5.15 Å². The largest absolute Gasteiger partial charge is 0.396 e. The number of hydrogen-bond acceptors (Lipinski definition) is 5. The van der Waals surface area contributed by atoms with E-state index in [1.54, 1.807) is 10.9 Å². The molecule has 0 saturated heterocycles. The molecule has 0 spiro atoms. The minimum atomic E-state index is 0.146. The Balaban J connectivity index is 1.94. The molecule has 0 saturated carbocycles. The van der Waals surface area contributed by atoms with Crippen LogP contribution in [0.2, 0.25) is 5.15 Å². The van der Waals surface area contributed by atoms with E-state index in [4.69, 9.17) is 16.7 Å². The number of anilines is 1. The molecule has 0 aromatic carbocycles. The summed E-state index contributed by atoms with van der Waals surface area (Å²) in [5, 5.41) is 20.3. The van der Waals surface area contributed by atoms with Gasteiger partial charge in [-0.2, -0.15) is 0 Å². The molecule has 0 radical (unpaired) electrons. The molecule has 0 atom stereocenters. The second kappa shape index (κ2) is 6.83. The zero-order valence-corrected chi connectivity index (χ0v) is 12.4. The van der Waals surface area contributed by atoms with Gasteiger partial charge in [-0.1, -0.05) is 16.8 Å². The lowest BCUT2D eigenvalue weighted by Crippen LogP contribution is -2.01. The van der Waals surface area contributed by atoms with E-state index in [1.807, 2.05) is 12.3 Å². The molecule has 2 aromatic rings. The first-order valence-corrected chi connectivity index (χ1v) is 6.91. The zero-order chi connectivity index (χ0) is 13.7. The number of nitrogens with zero attached hydrogens (tertiary/aromatic N) is 4. The van der Waals surface area contributed by atoms with E-state index in [0.717, 1.165) is 15.9 Å². The van der Waals surface area contributed by atoms with Gasteiger partial charge in [-0.3, -0.25) is 4.68 Å². The number of aliphatic hydroxyl groups is 1. The predicted molar refractivity (Wildman–Crippen MR) is 76.0 cm³/mol. The maximum absolute atomic E-state index is 8.74. The van der Waals surface area contributed by atoms with E-state index in [-0.39, 0.29) is 6.61 Å². The van der Waals surface area contributed by atoms with Crippen molar-refractivity contribution in [3.63, 3.8) is 0 Å². The number of pyridine rings is 1. The quantitative estimate of drug-likeness (QED) is 0.783. The molecule has 2 aromatic heterocycles. The number of aryl methyl sites for hydroxylation is 1. The molecular formula is C11H13BrClN5O. The maximum Gasteiger partial charge on any atom is 0.152 e. The summed E-state index contributed by atoms with van der Waals surface area (Å²) < 4.78 is 2.56. The molecule has 2 heterocycles. The van der Waals surface area contributed by atoms with Crippen LogP contribution in [0.5, 0.6) is 0 Å². The van der Waals surface area contributed by atoms with Crippen LogP contribution in [0.25, 0.3) is 0 Å². The maximum atomic E-state index is 8.74. The Labute approximate surface area is 123 Å². The van der Waals surface area contributed by atoms with Crippen molar-refractivity contribution in [2.45, 2.75) is 19.5 Å². The van der Waals surface area contributed by atoms with E-state index in [1.165, 1.54) is 0 Å². The third-order valence-electron chi connectivity index (χ3n) is 2.40. The van der Waals surface area contributed by atoms with Gasteiger partial charge in [-0.15, -0.1) is 5.10 Å². The minimum Gasteiger partial charge on any atom is -0.396 e. The summed E-state index contributed by atoms with van der Waals surface area (Å²) in [4.78, 5) is 4.02. The third kappa shape index (κ3) is 4.15. The monoisotopic (exact) mass is 345 g/mol. The SMILES string of the molecule is OCCCn1cc(CNc2cc(Br)cnc2Cl)nn1. The number of aliphatic hydroxyl groups excluding tert-OH is 1. The highest BCUT2D eigenvalue weighted by atomic mass is 79.9. The highest BCUT2D eigenvalue weighted by Gasteiger charge is 2.04. The molecule has 6 nitrogen and oxygen atoms in total. The van der Waals surface area contributed by atoms with Crippen LogP contribution in [0.15, 0.2) is 22.9 Å². The van der Waals surface area contributed by atoms with E-state index in [0.29, 0.717) is 24.7 Å². The van der Waals surface area contributed by atoms with Crippen LogP contribution in [-0.4, -0.2) is 31.7 Å². The van der Waals surface area contributed by atoms with Crippen molar-refractivity contribution in [1.29, 1.82) is 0 Å². The number of aromatic nitrogens is 4. The standard InChI is InChI=1S/C11H13BrClN5O/c12-8-4-10(11(13)15-5-8)14-6-9-7-18(17-16-9)2-1-3-19/h4-5,7,14,19H,1-3,6H2. The van der Waals surface area contributed by atoms with E-state index < -0.39 is 0 Å². The second-order valence-corrected chi connectivity index (χ2v) is 5.17. The van der Waals surface area contributed by atoms with Gasteiger partial charge in [-0.05, 0) is 28.4 Å². The summed E-state index contributed by atoms with van der Waals surface area (Å²) in [7, 11) is 0. The lowest BCUT2D eigenvalue weighted by Gasteiger charge is -2.05. The van der Waals surface area contributed by atoms with Crippen LogP contribution in [0.3, 0.4) is 0 Å². The summed E-state index contributed by atoms with van der Waals surface area (Å²) in [5.41, 5.74) is 1.54. The van der Waals surface area contributed by atoms with Crippen molar-refractivity contribution in [2.24, 2.45) is 0 Å². The first-order chi connectivity index (χ1) is 9.19. The highest BCUT2D eigenvalue weighted by molar-refractivity contribution is 9.10. The molecule has 0 aliphatic carbocycles. The van der Waals surface area contributed by atoms with Crippen LogP contribution in [0.4, 0.5) is 5.69 Å². The summed E-state index contributed by atoms with van der Waals surface area (Å²) in [6, 6.07) is 1.85. The van der Waals surface area contributed by atoms with E-state index >= 15 is 0 Å². The summed E-state index contributed by atoms with van der Waals surface area (Å²) in [5.74, 6) is 0. The molecule has 0 bridgehead atoms. The molecule has 2 rings (SSSR count). The van der Waals surface area contributed by atoms with Crippen molar-refractivity contribution in [2.75, 3.05) is 11.9 Å². The molecule has 0 aliphatic heterocycles. The fraction of sp³-hybridized carbons (Fsp3) is 0.364. The van der Waals surface area contributed by atoms with Gasteiger partial charge >= 0.3 is 0 Å². The zero-order valence-electron chi connectivity index (χ0n) is 10.1. The fourth-order valence-electron chi connectivity index (χ4n) is 1.49. The van der Waals surface area contributed by atoms with Gasteiger partial charge in [0, 0.05) is 23.8 Å². The van der Waals surface area contributed by atoms with Gasteiger partial charge in [0.1, 0.15) is 5.69 Å². The van der Waals surface area contributed by atoms with Crippen LogP contribution in [0.1, 0.15) is 12.1 Å². The average Bonchev–Trinajstić information content (AvgIpc) is 2.85. The molecule has 0 unspecified atom stereocenters. The topological polar surface area (TPSA) is 75.9 Å².